The minimum absolute atomic E-state index is 0.513. The van der Waals surface area contributed by atoms with E-state index in [0.717, 1.165) is 26.0 Å². The molecule has 0 aromatic rings. The molecule has 1 amide bonds. The van der Waals surface area contributed by atoms with Gasteiger partial charge in [-0.05, 0) is 14.0 Å². The Morgan fingerprint density at radius 3 is 2.00 bits per heavy atom. The number of rotatable bonds is 1. The van der Waals surface area contributed by atoms with Crippen molar-refractivity contribution in [3.8, 4) is 0 Å². The normalized spacial score (nSPS) is 21.3. The molecule has 0 aromatic heterocycles. The molecule has 1 saturated heterocycles. The van der Waals surface area contributed by atoms with Gasteiger partial charge in [-0.1, -0.05) is 27.7 Å². The predicted octanol–water partition coefficient (Wildman–Crippen LogP) is 1.83. The third-order valence-corrected chi connectivity index (χ3v) is 2.14. The van der Waals surface area contributed by atoms with Gasteiger partial charge in [-0.2, -0.15) is 0 Å². The van der Waals surface area contributed by atoms with E-state index in [2.05, 4.69) is 18.9 Å². The number of hydrogen-bond donors (Lipinski definition) is 0. The highest BCUT2D eigenvalue weighted by atomic mass is 16.1. The van der Waals surface area contributed by atoms with Gasteiger partial charge in [0.2, 0.25) is 6.41 Å². The Kier molecular flexibility index (Phi) is 11.9. The van der Waals surface area contributed by atoms with E-state index in [9.17, 15) is 4.79 Å². The maximum atomic E-state index is 10.3. The highest BCUT2D eigenvalue weighted by Gasteiger charge is 2.18. The Bertz CT molecular complexity index is 128. The monoisotopic (exact) mass is 202 g/mol. The van der Waals surface area contributed by atoms with E-state index >= 15 is 0 Å². The van der Waals surface area contributed by atoms with Crippen LogP contribution >= 0.6 is 0 Å². The van der Waals surface area contributed by atoms with Crippen LogP contribution in [-0.4, -0.2) is 48.9 Å². The summed E-state index contributed by atoms with van der Waals surface area (Å²) in [6.45, 7) is 12.9. The van der Waals surface area contributed by atoms with Gasteiger partial charge in [-0.15, -0.1) is 0 Å². The van der Waals surface area contributed by atoms with Crippen molar-refractivity contribution in [2.24, 2.45) is 0 Å². The third-order valence-electron chi connectivity index (χ3n) is 2.14. The Balaban J connectivity index is 0. The Hall–Kier alpha value is -0.570. The van der Waals surface area contributed by atoms with Gasteiger partial charge in [0.15, 0.2) is 0 Å². The first-order chi connectivity index (χ1) is 6.74. The van der Waals surface area contributed by atoms with Gasteiger partial charge in [0.25, 0.3) is 0 Å². The molecule has 1 atom stereocenters. The van der Waals surface area contributed by atoms with E-state index in [0.29, 0.717) is 6.04 Å². The van der Waals surface area contributed by atoms with Gasteiger partial charge in [0.05, 0.1) is 0 Å². The molecule has 14 heavy (non-hydrogen) atoms. The number of nitrogens with zero attached hydrogens (tertiary/aromatic N) is 2. The number of carbonyl (C=O) groups is 1. The fourth-order valence-electron chi connectivity index (χ4n) is 1.17. The predicted molar refractivity (Wildman–Crippen MR) is 62.4 cm³/mol. The molecule has 1 fully saturated rings. The van der Waals surface area contributed by atoms with Gasteiger partial charge in [-0.25, -0.2) is 0 Å². The summed E-state index contributed by atoms with van der Waals surface area (Å²) in [5.41, 5.74) is 0. The molecule has 0 bridgehead atoms. The van der Waals surface area contributed by atoms with Crippen LogP contribution in [0.15, 0.2) is 0 Å². The lowest BCUT2D eigenvalue weighted by atomic mass is 10.2. The van der Waals surface area contributed by atoms with Crippen molar-refractivity contribution in [2.75, 3.05) is 26.7 Å². The van der Waals surface area contributed by atoms with Crippen molar-refractivity contribution in [3.05, 3.63) is 0 Å². The van der Waals surface area contributed by atoms with E-state index in [1.54, 1.807) is 0 Å². The van der Waals surface area contributed by atoms with Crippen molar-refractivity contribution in [1.29, 1.82) is 0 Å². The Labute approximate surface area is 89.1 Å². The molecule has 0 spiro atoms. The van der Waals surface area contributed by atoms with Crippen LogP contribution in [-0.2, 0) is 4.79 Å². The van der Waals surface area contributed by atoms with Crippen LogP contribution in [0.2, 0.25) is 0 Å². The molecular weight excluding hydrogens is 176 g/mol. The summed E-state index contributed by atoms with van der Waals surface area (Å²) in [5.74, 6) is 0. The number of likely N-dealkylation sites (N-methyl/N-ethyl adjacent to an activating group) is 1. The van der Waals surface area contributed by atoms with E-state index in [-0.39, 0.29) is 0 Å². The van der Waals surface area contributed by atoms with Crippen molar-refractivity contribution in [1.82, 2.24) is 9.80 Å². The highest BCUT2D eigenvalue weighted by Crippen LogP contribution is 2.03. The van der Waals surface area contributed by atoms with Crippen molar-refractivity contribution >= 4 is 6.41 Å². The first-order valence-electron chi connectivity index (χ1n) is 5.63. The average Bonchev–Trinajstić information content (AvgIpc) is 2.28. The van der Waals surface area contributed by atoms with Crippen LogP contribution in [0, 0.1) is 0 Å². The molecule has 1 unspecified atom stereocenters. The molecule has 0 aliphatic carbocycles. The minimum Gasteiger partial charge on any atom is -0.342 e. The molecular formula is C11H26N2O. The number of carbonyl (C=O) groups excluding carboxylic acids is 1. The zero-order valence-electron chi connectivity index (χ0n) is 10.6. The maximum Gasteiger partial charge on any atom is 0.209 e. The van der Waals surface area contributed by atoms with E-state index in [1.807, 2.05) is 32.6 Å². The topological polar surface area (TPSA) is 23.6 Å². The van der Waals surface area contributed by atoms with Crippen LogP contribution in [0.3, 0.4) is 0 Å². The number of piperazine rings is 1. The number of amides is 1. The lowest BCUT2D eigenvalue weighted by Crippen LogP contribution is -2.49. The van der Waals surface area contributed by atoms with Crippen molar-refractivity contribution in [2.45, 2.75) is 40.7 Å². The lowest BCUT2D eigenvalue weighted by molar-refractivity contribution is -0.120. The summed E-state index contributed by atoms with van der Waals surface area (Å²) in [4.78, 5) is 14.4. The SMILES string of the molecule is CC.CC.CC1CN(C=O)CCN1C. The molecule has 0 saturated carbocycles. The van der Waals surface area contributed by atoms with E-state index in [4.69, 9.17) is 0 Å². The second-order valence-electron chi connectivity index (χ2n) is 2.93. The summed E-state index contributed by atoms with van der Waals surface area (Å²) >= 11 is 0. The van der Waals surface area contributed by atoms with Gasteiger partial charge in [0.1, 0.15) is 0 Å². The van der Waals surface area contributed by atoms with Crippen molar-refractivity contribution in [3.63, 3.8) is 0 Å². The van der Waals surface area contributed by atoms with Gasteiger partial charge in [0, 0.05) is 25.7 Å². The fourth-order valence-corrected chi connectivity index (χ4v) is 1.17. The van der Waals surface area contributed by atoms with Crippen LogP contribution in [0.1, 0.15) is 34.6 Å². The average molecular weight is 202 g/mol. The van der Waals surface area contributed by atoms with Crippen molar-refractivity contribution < 1.29 is 4.79 Å². The zero-order chi connectivity index (χ0) is 11.6. The molecule has 3 heteroatoms. The highest BCUT2D eigenvalue weighted by molar-refractivity contribution is 5.47. The molecule has 86 valence electrons. The molecule has 3 nitrogen and oxygen atoms in total. The summed E-state index contributed by atoms with van der Waals surface area (Å²) < 4.78 is 0. The largest absolute Gasteiger partial charge is 0.342 e. The number of hydrogen-bond acceptors (Lipinski definition) is 2. The summed E-state index contributed by atoms with van der Waals surface area (Å²) in [7, 11) is 2.09. The molecule has 1 heterocycles. The third kappa shape index (κ3) is 5.97. The maximum absolute atomic E-state index is 10.3. The van der Waals surface area contributed by atoms with Crippen LogP contribution in [0.25, 0.3) is 0 Å². The Morgan fingerprint density at radius 1 is 1.14 bits per heavy atom. The standard InChI is InChI=1S/C7H14N2O.2C2H6/c1-7-5-9(6-10)4-3-8(7)2;2*1-2/h6-7H,3-5H2,1-2H3;2*1-2H3. The second-order valence-corrected chi connectivity index (χ2v) is 2.93. The smallest absolute Gasteiger partial charge is 0.209 e. The fraction of sp³-hybridized carbons (Fsp3) is 0.909. The molecule has 0 radical (unpaired) electrons. The van der Waals surface area contributed by atoms with Crippen LogP contribution < -0.4 is 0 Å². The summed E-state index contributed by atoms with van der Waals surface area (Å²) in [6.07, 6.45) is 0.934. The second kappa shape index (κ2) is 10.5. The van der Waals surface area contributed by atoms with Gasteiger partial charge < -0.3 is 9.80 Å². The lowest BCUT2D eigenvalue weighted by Gasteiger charge is -2.35. The molecule has 0 aromatic carbocycles. The first kappa shape index (κ1) is 15.9. The molecule has 1 aliphatic rings. The van der Waals surface area contributed by atoms with Gasteiger partial charge >= 0.3 is 0 Å². The van der Waals surface area contributed by atoms with Crippen LogP contribution in [0.4, 0.5) is 0 Å². The summed E-state index contributed by atoms with van der Waals surface area (Å²) in [6, 6.07) is 0.513. The minimum atomic E-state index is 0.513. The first-order valence-corrected chi connectivity index (χ1v) is 5.63. The Morgan fingerprint density at radius 2 is 1.64 bits per heavy atom. The molecule has 1 aliphatic heterocycles. The van der Waals surface area contributed by atoms with E-state index in [1.165, 1.54) is 0 Å². The van der Waals surface area contributed by atoms with E-state index < -0.39 is 0 Å². The van der Waals surface area contributed by atoms with Gasteiger partial charge in [-0.3, -0.25) is 4.79 Å². The zero-order valence-corrected chi connectivity index (χ0v) is 10.6. The quantitative estimate of drug-likeness (QED) is 0.606. The summed E-state index contributed by atoms with van der Waals surface area (Å²) in [5, 5.41) is 0. The van der Waals surface area contributed by atoms with Crippen LogP contribution in [0.5, 0.6) is 0 Å². The molecule has 1 rings (SSSR count). The molecule has 0 N–H and O–H groups in total.